The minimum absolute atomic E-state index is 0.0808. The van der Waals surface area contributed by atoms with Gasteiger partial charge in [-0.2, -0.15) is 0 Å². The third-order valence-electron chi connectivity index (χ3n) is 3.26. The molecular weight excluding hydrogens is 270 g/mol. The van der Waals surface area contributed by atoms with E-state index in [1.165, 1.54) is 6.92 Å². The van der Waals surface area contributed by atoms with Crippen molar-refractivity contribution in [2.24, 2.45) is 0 Å². The van der Waals surface area contributed by atoms with Crippen molar-refractivity contribution in [2.75, 3.05) is 6.54 Å². The molecule has 0 atom stereocenters. The van der Waals surface area contributed by atoms with Gasteiger partial charge in [0.1, 0.15) is 5.82 Å². The number of nitrogens with one attached hydrogen (secondary N) is 1. The molecule has 112 valence electrons. The third kappa shape index (κ3) is 3.39. The molecule has 0 unspecified atom stereocenters. The lowest BCUT2D eigenvalue weighted by atomic mass is 10.2. The summed E-state index contributed by atoms with van der Waals surface area (Å²) in [6.07, 6.45) is 1.77. The lowest BCUT2D eigenvalue weighted by Crippen LogP contribution is -2.25. The standard InChI is InChI=1S/C15H19N3O3/c1-3-4-14-17-12-6-5-11(15(20)21)9-13(12)18(14)8-7-16-10(2)19/h5-6,9H,3-4,7-8H2,1-2H3,(H,16,19)(H,20,21). The van der Waals surface area contributed by atoms with Crippen LogP contribution in [0.5, 0.6) is 0 Å². The molecule has 2 N–H and O–H groups in total. The Morgan fingerprint density at radius 2 is 2.14 bits per heavy atom. The number of amides is 1. The first-order chi connectivity index (χ1) is 10.0. The van der Waals surface area contributed by atoms with Crippen molar-refractivity contribution in [3.8, 4) is 0 Å². The van der Waals surface area contributed by atoms with E-state index < -0.39 is 5.97 Å². The van der Waals surface area contributed by atoms with Crippen LogP contribution in [0.25, 0.3) is 11.0 Å². The lowest BCUT2D eigenvalue weighted by molar-refractivity contribution is -0.118. The normalized spacial score (nSPS) is 10.8. The Morgan fingerprint density at radius 3 is 2.76 bits per heavy atom. The van der Waals surface area contributed by atoms with Gasteiger partial charge in [0, 0.05) is 26.4 Å². The van der Waals surface area contributed by atoms with Crippen molar-refractivity contribution in [2.45, 2.75) is 33.2 Å². The van der Waals surface area contributed by atoms with Gasteiger partial charge in [-0.05, 0) is 24.6 Å². The van der Waals surface area contributed by atoms with Crippen molar-refractivity contribution in [3.05, 3.63) is 29.6 Å². The number of nitrogens with zero attached hydrogens (tertiary/aromatic N) is 2. The molecule has 0 radical (unpaired) electrons. The Labute approximate surface area is 122 Å². The summed E-state index contributed by atoms with van der Waals surface area (Å²) in [5.41, 5.74) is 1.82. The summed E-state index contributed by atoms with van der Waals surface area (Å²) in [6.45, 7) is 4.62. The van der Waals surface area contributed by atoms with Gasteiger partial charge < -0.3 is 15.0 Å². The molecule has 0 spiro atoms. The van der Waals surface area contributed by atoms with E-state index in [1.807, 2.05) is 4.57 Å². The summed E-state index contributed by atoms with van der Waals surface area (Å²) in [7, 11) is 0. The number of carbonyl (C=O) groups is 2. The average Bonchev–Trinajstić information content (AvgIpc) is 2.76. The quantitative estimate of drug-likeness (QED) is 0.849. The number of aryl methyl sites for hydroxylation is 1. The predicted molar refractivity (Wildman–Crippen MR) is 79.4 cm³/mol. The molecule has 1 aromatic heterocycles. The van der Waals surface area contributed by atoms with E-state index in [1.54, 1.807) is 18.2 Å². The minimum Gasteiger partial charge on any atom is -0.478 e. The van der Waals surface area contributed by atoms with Crippen LogP contribution in [-0.4, -0.2) is 33.1 Å². The van der Waals surface area contributed by atoms with Gasteiger partial charge in [0.2, 0.25) is 5.91 Å². The van der Waals surface area contributed by atoms with Crippen LogP contribution in [0.4, 0.5) is 0 Å². The van der Waals surface area contributed by atoms with E-state index in [9.17, 15) is 9.59 Å². The molecule has 0 saturated carbocycles. The van der Waals surface area contributed by atoms with Crippen LogP contribution in [0.3, 0.4) is 0 Å². The maximum atomic E-state index is 11.1. The van der Waals surface area contributed by atoms with Crippen LogP contribution in [0, 0.1) is 0 Å². The van der Waals surface area contributed by atoms with Gasteiger partial charge in [0.05, 0.1) is 16.6 Å². The van der Waals surface area contributed by atoms with Gasteiger partial charge in [0.15, 0.2) is 0 Å². The number of rotatable bonds is 6. The van der Waals surface area contributed by atoms with Gasteiger partial charge in [-0.15, -0.1) is 0 Å². The van der Waals surface area contributed by atoms with Crippen LogP contribution in [0.15, 0.2) is 18.2 Å². The molecule has 0 aliphatic heterocycles. The van der Waals surface area contributed by atoms with E-state index in [4.69, 9.17) is 5.11 Å². The Kier molecular flexibility index (Phi) is 4.57. The molecular formula is C15H19N3O3. The first-order valence-electron chi connectivity index (χ1n) is 6.99. The highest BCUT2D eigenvalue weighted by molar-refractivity contribution is 5.92. The van der Waals surface area contributed by atoms with E-state index >= 15 is 0 Å². The molecule has 21 heavy (non-hydrogen) atoms. The molecule has 0 fully saturated rings. The summed E-state index contributed by atoms with van der Waals surface area (Å²) >= 11 is 0. The van der Waals surface area contributed by atoms with Crippen LogP contribution in [0.1, 0.15) is 36.5 Å². The number of aromatic nitrogens is 2. The van der Waals surface area contributed by atoms with E-state index in [-0.39, 0.29) is 11.5 Å². The molecule has 0 saturated heterocycles. The molecule has 1 aromatic carbocycles. The Bertz CT molecular complexity index is 676. The maximum Gasteiger partial charge on any atom is 0.335 e. The zero-order valence-electron chi connectivity index (χ0n) is 12.2. The molecule has 2 aromatic rings. The first kappa shape index (κ1) is 15.0. The van der Waals surface area contributed by atoms with Crippen molar-refractivity contribution < 1.29 is 14.7 Å². The monoisotopic (exact) mass is 289 g/mol. The fourth-order valence-corrected chi connectivity index (χ4v) is 2.31. The predicted octanol–water partition coefficient (Wildman–Crippen LogP) is 1.82. The van der Waals surface area contributed by atoms with Gasteiger partial charge in [0.25, 0.3) is 0 Å². The smallest absolute Gasteiger partial charge is 0.335 e. The summed E-state index contributed by atoms with van der Waals surface area (Å²) < 4.78 is 1.99. The molecule has 1 heterocycles. The number of fused-ring (bicyclic) bond motifs is 1. The lowest BCUT2D eigenvalue weighted by Gasteiger charge is -2.09. The second kappa shape index (κ2) is 6.39. The Hall–Kier alpha value is -2.37. The molecule has 6 nitrogen and oxygen atoms in total. The highest BCUT2D eigenvalue weighted by Crippen LogP contribution is 2.19. The van der Waals surface area contributed by atoms with Gasteiger partial charge in [-0.3, -0.25) is 4.79 Å². The van der Waals surface area contributed by atoms with Gasteiger partial charge >= 0.3 is 5.97 Å². The fraction of sp³-hybridized carbons (Fsp3) is 0.400. The summed E-state index contributed by atoms with van der Waals surface area (Å²) in [5, 5.41) is 11.9. The number of aromatic carboxylic acids is 1. The zero-order chi connectivity index (χ0) is 15.4. The number of carboxylic acid groups (broad SMARTS) is 1. The number of imidazole rings is 1. The van der Waals surface area contributed by atoms with Crippen molar-refractivity contribution in [1.29, 1.82) is 0 Å². The van der Waals surface area contributed by atoms with Crippen LogP contribution in [-0.2, 0) is 17.8 Å². The summed E-state index contributed by atoms with van der Waals surface area (Å²) in [5.74, 6) is -0.119. The molecule has 6 heteroatoms. The molecule has 2 rings (SSSR count). The molecule has 0 aliphatic rings. The second-order valence-corrected chi connectivity index (χ2v) is 4.92. The number of carbonyl (C=O) groups excluding carboxylic acids is 1. The Balaban J connectivity index is 2.40. The number of carboxylic acids is 1. The van der Waals surface area contributed by atoms with E-state index in [0.717, 1.165) is 29.7 Å². The van der Waals surface area contributed by atoms with Gasteiger partial charge in [-0.1, -0.05) is 6.92 Å². The fourth-order valence-electron chi connectivity index (χ4n) is 2.31. The van der Waals surface area contributed by atoms with Crippen LogP contribution in [0.2, 0.25) is 0 Å². The van der Waals surface area contributed by atoms with Gasteiger partial charge in [-0.25, -0.2) is 9.78 Å². The van der Waals surface area contributed by atoms with Crippen LogP contribution >= 0.6 is 0 Å². The number of benzene rings is 1. The highest BCUT2D eigenvalue weighted by atomic mass is 16.4. The average molecular weight is 289 g/mol. The molecule has 1 amide bonds. The van der Waals surface area contributed by atoms with Crippen LogP contribution < -0.4 is 5.32 Å². The van der Waals surface area contributed by atoms with E-state index in [2.05, 4.69) is 17.2 Å². The van der Waals surface area contributed by atoms with E-state index in [0.29, 0.717) is 13.1 Å². The number of hydrogen-bond donors (Lipinski definition) is 2. The third-order valence-corrected chi connectivity index (χ3v) is 3.26. The summed E-state index contributed by atoms with van der Waals surface area (Å²) in [6, 6.07) is 4.93. The minimum atomic E-state index is -0.955. The largest absolute Gasteiger partial charge is 0.478 e. The summed E-state index contributed by atoms with van der Waals surface area (Å²) in [4.78, 5) is 26.6. The van der Waals surface area contributed by atoms with Crippen molar-refractivity contribution in [1.82, 2.24) is 14.9 Å². The van der Waals surface area contributed by atoms with Crippen molar-refractivity contribution >= 4 is 22.9 Å². The molecule has 0 bridgehead atoms. The number of hydrogen-bond acceptors (Lipinski definition) is 3. The second-order valence-electron chi connectivity index (χ2n) is 4.92. The zero-order valence-corrected chi connectivity index (χ0v) is 12.2. The SMILES string of the molecule is CCCc1nc2ccc(C(=O)O)cc2n1CCNC(C)=O. The van der Waals surface area contributed by atoms with Crippen molar-refractivity contribution in [3.63, 3.8) is 0 Å². The topological polar surface area (TPSA) is 84.2 Å². The maximum absolute atomic E-state index is 11.1. The highest BCUT2D eigenvalue weighted by Gasteiger charge is 2.12. The Morgan fingerprint density at radius 1 is 1.38 bits per heavy atom. The molecule has 0 aliphatic carbocycles. The first-order valence-corrected chi connectivity index (χ1v) is 6.99.